The molecule has 0 unspecified atom stereocenters. The Morgan fingerprint density at radius 3 is 1.65 bits per heavy atom. The summed E-state index contributed by atoms with van der Waals surface area (Å²) in [5.41, 5.74) is 12.0. The number of aliphatic imine (C=N–C) groups is 1. The summed E-state index contributed by atoms with van der Waals surface area (Å²) in [7, 11) is 1.89. The summed E-state index contributed by atoms with van der Waals surface area (Å²) in [6.45, 7) is 0.528. The Hall–Kier alpha value is -6.85. The van der Waals surface area contributed by atoms with E-state index in [1.54, 1.807) is 0 Å². The molecular formula is C47H34N4O. The van der Waals surface area contributed by atoms with Gasteiger partial charge in [0.25, 0.3) is 0 Å². The topological polar surface area (TPSA) is 47.4 Å². The van der Waals surface area contributed by atoms with E-state index in [1.165, 1.54) is 43.6 Å². The predicted molar refractivity (Wildman–Crippen MR) is 217 cm³/mol. The lowest BCUT2D eigenvalue weighted by Gasteiger charge is -2.11. The zero-order chi connectivity index (χ0) is 34.6. The molecule has 0 saturated carbocycles. The lowest BCUT2D eigenvalue weighted by atomic mass is 10.0. The number of benzene rings is 7. The van der Waals surface area contributed by atoms with Gasteiger partial charge >= 0.3 is 0 Å². The first-order valence-electron chi connectivity index (χ1n) is 17.7. The van der Waals surface area contributed by atoms with Crippen molar-refractivity contribution >= 4 is 66.2 Å². The number of aromatic nitrogens is 2. The summed E-state index contributed by atoms with van der Waals surface area (Å²) in [4.78, 5) is 5.26. The van der Waals surface area contributed by atoms with E-state index in [0.29, 0.717) is 12.4 Å². The molecule has 7 aromatic carbocycles. The highest BCUT2D eigenvalue weighted by molar-refractivity contribution is 6.29. The maximum Gasteiger partial charge on any atom is 0.203 e. The molecule has 0 aliphatic rings. The van der Waals surface area contributed by atoms with Crippen LogP contribution in [0.3, 0.4) is 0 Å². The van der Waals surface area contributed by atoms with Crippen molar-refractivity contribution < 1.29 is 4.42 Å². The van der Waals surface area contributed by atoms with E-state index >= 15 is 0 Å². The Labute approximate surface area is 300 Å². The molecule has 0 saturated heterocycles. The minimum atomic E-state index is 0.528. The Morgan fingerprint density at radius 2 is 1.04 bits per heavy atom. The minimum absolute atomic E-state index is 0.528. The van der Waals surface area contributed by atoms with Crippen LogP contribution in [0, 0.1) is 0 Å². The van der Waals surface area contributed by atoms with Crippen LogP contribution < -0.4 is 5.32 Å². The number of nitrogens with one attached hydrogen (secondary N) is 1. The molecule has 52 heavy (non-hydrogen) atoms. The van der Waals surface area contributed by atoms with E-state index in [4.69, 9.17) is 9.41 Å². The second-order valence-electron chi connectivity index (χ2n) is 13.1. The first-order valence-corrected chi connectivity index (χ1v) is 17.7. The van der Waals surface area contributed by atoms with E-state index < -0.39 is 0 Å². The van der Waals surface area contributed by atoms with Crippen molar-refractivity contribution in [3.63, 3.8) is 0 Å². The number of nitrogens with zero attached hydrogens (tertiary/aromatic N) is 3. The zero-order valence-electron chi connectivity index (χ0n) is 28.6. The molecule has 248 valence electrons. The van der Waals surface area contributed by atoms with Crippen molar-refractivity contribution in [3.8, 4) is 11.4 Å². The van der Waals surface area contributed by atoms with E-state index in [2.05, 4.69) is 160 Å². The van der Waals surface area contributed by atoms with E-state index in [-0.39, 0.29) is 0 Å². The van der Waals surface area contributed by atoms with Crippen molar-refractivity contribution in [1.82, 2.24) is 9.13 Å². The zero-order valence-corrected chi connectivity index (χ0v) is 28.6. The molecule has 0 amide bonds. The van der Waals surface area contributed by atoms with Gasteiger partial charge in [-0.3, -0.25) is 4.99 Å². The van der Waals surface area contributed by atoms with Crippen LogP contribution in [0.1, 0.15) is 16.7 Å². The van der Waals surface area contributed by atoms with Gasteiger partial charge in [-0.05, 0) is 60.2 Å². The Kier molecular flexibility index (Phi) is 7.03. The Balaban J connectivity index is 1.10. The molecular weight excluding hydrogens is 637 g/mol. The second kappa shape index (κ2) is 12.2. The van der Waals surface area contributed by atoms with Gasteiger partial charge in [-0.15, -0.1) is 0 Å². The van der Waals surface area contributed by atoms with Crippen molar-refractivity contribution in [1.29, 1.82) is 0 Å². The highest BCUT2D eigenvalue weighted by atomic mass is 16.3. The van der Waals surface area contributed by atoms with Gasteiger partial charge in [0.2, 0.25) is 5.88 Å². The van der Waals surface area contributed by atoms with Gasteiger partial charge in [0.15, 0.2) is 0 Å². The second-order valence-corrected chi connectivity index (χ2v) is 13.1. The van der Waals surface area contributed by atoms with Crippen LogP contribution in [-0.4, -0.2) is 21.9 Å². The number of hydrogen-bond acceptors (Lipinski definition) is 3. The van der Waals surface area contributed by atoms with Crippen LogP contribution in [-0.2, 0) is 6.54 Å². The third kappa shape index (κ3) is 4.67. The highest BCUT2D eigenvalue weighted by Gasteiger charge is 2.21. The number of rotatable bonds is 7. The molecule has 3 heterocycles. The van der Waals surface area contributed by atoms with Gasteiger partial charge in [-0.1, -0.05) is 115 Å². The molecule has 10 rings (SSSR count). The van der Waals surface area contributed by atoms with Crippen LogP contribution in [0.2, 0.25) is 0 Å². The molecule has 0 aliphatic heterocycles. The molecule has 0 spiro atoms. The van der Waals surface area contributed by atoms with E-state index in [1.807, 2.05) is 31.3 Å². The molecule has 0 bridgehead atoms. The fourth-order valence-electron chi connectivity index (χ4n) is 7.94. The number of hydrogen-bond donors (Lipinski definition) is 1. The lowest BCUT2D eigenvalue weighted by Crippen LogP contribution is -2.06. The molecule has 1 N–H and O–H groups in total. The summed E-state index contributed by atoms with van der Waals surface area (Å²) in [5.74, 6) is 0.714. The number of fused-ring (bicyclic) bond motifs is 8. The smallest absolute Gasteiger partial charge is 0.203 e. The van der Waals surface area contributed by atoms with Gasteiger partial charge in [0.05, 0.1) is 39.9 Å². The first-order chi connectivity index (χ1) is 25.8. The molecule has 10 aromatic rings. The number of anilines is 1. The van der Waals surface area contributed by atoms with Crippen LogP contribution in [0.25, 0.3) is 66.0 Å². The van der Waals surface area contributed by atoms with Crippen molar-refractivity contribution in [2.24, 2.45) is 4.99 Å². The SMILES string of the molecule is CNc1oc2ccccc2c1C(=NCc1ccc(-n2c3ccccc3c3c4c5ccccc5n(-c5ccccc5)c4ccc32)cc1)c1ccccc1. The third-order valence-corrected chi connectivity index (χ3v) is 10.2. The van der Waals surface area contributed by atoms with Gasteiger partial charge in [-0.25, -0.2) is 0 Å². The average Bonchev–Trinajstić information content (AvgIpc) is 3.87. The summed E-state index contributed by atoms with van der Waals surface area (Å²) in [5, 5.41) is 9.35. The van der Waals surface area contributed by atoms with E-state index in [0.717, 1.165) is 44.7 Å². The fourth-order valence-corrected chi connectivity index (χ4v) is 7.94. The summed E-state index contributed by atoms with van der Waals surface area (Å²) >= 11 is 0. The summed E-state index contributed by atoms with van der Waals surface area (Å²) in [6, 6.07) is 60.1. The standard InChI is InChI=1S/C47H34N4O/c1-48-47-45(37-20-10-13-23-42(37)52-47)46(32-14-4-2-5-15-32)49-30-31-24-26-34(27-25-31)51-39-22-12-9-19-36(39)44-41(51)29-28-40-43(44)35-18-8-11-21-38(35)50(40)33-16-6-3-7-17-33/h2-29,48H,30H2,1H3. The van der Waals surface area contributed by atoms with Gasteiger partial charge < -0.3 is 18.9 Å². The largest absolute Gasteiger partial charge is 0.440 e. The van der Waals surface area contributed by atoms with Crippen LogP contribution in [0.5, 0.6) is 0 Å². The monoisotopic (exact) mass is 670 g/mol. The van der Waals surface area contributed by atoms with Gasteiger partial charge in [0, 0.05) is 50.9 Å². The van der Waals surface area contributed by atoms with Gasteiger partial charge in [-0.2, -0.15) is 0 Å². The molecule has 5 nitrogen and oxygen atoms in total. The summed E-state index contributed by atoms with van der Waals surface area (Å²) < 4.78 is 11.0. The molecule has 5 heteroatoms. The Bertz CT molecular complexity index is 2950. The molecule has 0 atom stereocenters. The normalized spacial score (nSPS) is 12.1. The lowest BCUT2D eigenvalue weighted by molar-refractivity contribution is 0.631. The van der Waals surface area contributed by atoms with Crippen molar-refractivity contribution in [2.75, 3.05) is 12.4 Å². The number of furan rings is 1. The first kappa shape index (κ1) is 30.0. The minimum Gasteiger partial charge on any atom is -0.440 e. The fraction of sp³-hybridized carbons (Fsp3) is 0.0426. The maximum atomic E-state index is 6.21. The van der Waals surface area contributed by atoms with E-state index in [9.17, 15) is 0 Å². The van der Waals surface area contributed by atoms with Crippen molar-refractivity contribution in [3.05, 3.63) is 187 Å². The molecule has 3 aromatic heterocycles. The van der Waals surface area contributed by atoms with Crippen LogP contribution in [0.15, 0.2) is 179 Å². The quantitative estimate of drug-likeness (QED) is 0.172. The van der Waals surface area contributed by atoms with Crippen LogP contribution >= 0.6 is 0 Å². The average molecular weight is 671 g/mol. The molecule has 0 fully saturated rings. The molecule has 0 aliphatic carbocycles. The number of para-hydroxylation sites is 4. The summed E-state index contributed by atoms with van der Waals surface area (Å²) in [6.07, 6.45) is 0. The molecule has 0 radical (unpaired) electrons. The Morgan fingerprint density at radius 1 is 0.519 bits per heavy atom. The van der Waals surface area contributed by atoms with Crippen LogP contribution in [0.4, 0.5) is 5.88 Å². The van der Waals surface area contributed by atoms with Gasteiger partial charge in [0.1, 0.15) is 5.58 Å². The predicted octanol–water partition coefficient (Wildman–Crippen LogP) is 11.7. The highest BCUT2D eigenvalue weighted by Crippen LogP contribution is 2.42. The third-order valence-electron chi connectivity index (χ3n) is 10.2. The maximum absolute atomic E-state index is 6.21. The van der Waals surface area contributed by atoms with Crippen molar-refractivity contribution in [2.45, 2.75) is 6.54 Å².